The maximum atomic E-state index is 11.5. The summed E-state index contributed by atoms with van der Waals surface area (Å²) in [5.41, 5.74) is 0.794. The molecular formula is C15H21O7P. The third kappa shape index (κ3) is 4.40. The van der Waals surface area contributed by atoms with Gasteiger partial charge in [0.15, 0.2) is 12.6 Å². The van der Waals surface area contributed by atoms with Crippen LogP contribution in [0.4, 0.5) is 0 Å². The molecule has 1 aromatic carbocycles. The molecule has 0 amide bonds. The zero-order chi connectivity index (χ0) is 17.3. The molecule has 0 bridgehead atoms. The van der Waals surface area contributed by atoms with E-state index in [1.165, 1.54) is 6.92 Å². The summed E-state index contributed by atoms with van der Waals surface area (Å²) in [6.45, 7) is 4.81. The number of phosphoric ester groups is 1. The zero-order valence-corrected chi connectivity index (χ0v) is 14.5. The average molecular weight is 344 g/mol. The van der Waals surface area contributed by atoms with Gasteiger partial charge in [0.2, 0.25) is 0 Å². The Morgan fingerprint density at radius 1 is 1.48 bits per heavy atom. The maximum Gasteiger partial charge on any atom is 0.474 e. The molecule has 0 radical (unpaired) electrons. The first-order valence-electron chi connectivity index (χ1n) is 7.12. The Labute approximate surface area is 135 Å². The summed E-state index contributed by atoms with van der Waals surface area (Å²) in [5.74, 6) is 0.672. The van der Waals surface area contributed by atoms with Crippen molar-refractivity contribution in [2.75, 3.05) is 13.9 Å². The lowest BCUT2D eigenvalue weighted by Crippen LogP contribution is -2.48. The molecule has 1 aliphatic rings. The second kappa shape index (κ2) is 6.71. The molecule has 0 aliphatic carbocycles. The van der Waals surface area contributed by atoms with Crippen molar-refractivity contribution in [2.24, 2.45) is 0 Å². The summed E-state index contributed by atoms with van der Waals surface area (Å²) < 4.78 is 31.7. The molecule has 1 N–H and O–H groups in total. The third-order valence-corrected chi connectivity index (χ3v) is 4.63. The van der Waals surface area contributed by atoms with E-state index >= 15 is 0 Å². The van der Waals surface area contributed by atoms with Crippen LogP contribution in [0.2, 0.25) is 0 Å². The van der Waals surface area contributed by atoms with E-state index in [1.807, 2.05) is 13.8 Å². The average Bonchev–Trinajstić information content (AvgIpc) is 2.46. The van der Waals surface area contributed by atoms with Crippen molar-refractivity contribution >= 4 is 13.6 Å². The van der Waals surface area contributed by atoms with E-state index in [-0.39, 0.29) is 5.78 Å². The molecule has 23 heavy (non-hydrogen) atoms. The predicted molar refractivity (Wildman–Crippen MR) is 82.5 cm³/mol. The van der Waals surface area contributed by atoms with E-state index in [0.29, 0.717) is 17.7 Å². The van der Waals surface area contributed by atoms with Crippen LogP contribution in [0.15, 0.2) is 18.2 Å². The number of phosphoric acid groups is 1. The van der Waals surface area contributed by atoms with Gasteiger partial charge in [-0.1, -0.05) is 0 Å². The van der Waals surface area contributed by atoms with E-state index in [1.54, 1.807) is 18.2 Å². The third-order valence-electron chi connectivity index (χ3n) is 3.74. The van der Waals surface area contributed by atoms with Crippen molar-refractivity contribution in [3.8, 4) is 5.75 Å². The van der Waals surface area contributed by atoms with Crippen molar-refractivity contribution in [3.05, 3.63) is 29.3 Å². The summed E-state index contributed by atoms with van der Waals surface area (Å²) in [4.78, 5) is 20.7. The highest BCUT2D eigenvalue weighted by Crippen LogP contribution is 2.42. The molecule has 128 valence electrons. The minimum Gasteiger partial charge on any atom is -0.485 e. The van der Waals surface area contributed by atoms with Crippen LogP contribution in [0, 0.1) is 0 Å². The largest absolute Gasteiger partial charge is 0.485 e. The van der Waals surface area contributed by atoms with Crippen LogP contribution in [-0.4, -0.2) is 36.3 Å². The van der Waals surface area contributed by atoms with Gasteiger partial charge in [-0.2, -0.15) is 0 Å². The van der Waals surface area contributed by atoms with Crippen molar-refractivity contribution in [2.45, 2.75) is 38.9 Å². The molecule has 7 nitrogen and oxygen atoms in total. The summed E-state index contributed by atoms with van der Waals surface area (Å²) in [7, 11) is -3.00. The fourth-order valence-corrected chi connectivity index (χ4v) is 2.64. The van der Waals surface area contributed by atoms with E-state index in [4.69, 9.17) is 9.47 Å². The second-order valence-corrected chi connectivity index (χ2v) is 7.40. The molecule has 0 spiro atoms. The number of benzene rings is 1. The van der Waals surface area contributed by atoms with Gasteiger partial charge in [-0.15, -0.1) is 0 Å². The van der Waals surface area contributed by atoms with Crippen LogP contribution in [0.3, 0.4) is 0 Å². The first-order chi connectivity index (χ1) is 10.6. The standard InChI is InChI=1S/C15H21O7P/c1-10(16)11-5-6-13-12(7-11)8-14(15(2,3)22-13)20-9-21-23(17,18)19-4/h5-7,14H,8-9H2,1-4H3,(H,17,18)/t14-/m1/s1. The lowest BCUT2D eigenvalue weighted by Gasteiger charge is -2.39. The number of hydrogen-bond donors (Lipinski definition) is 1. The van der Waals surface area contributed by atoms with Gasteiger partial charge in [0, 0.05) is 19.1 Å². The molecule has 0 fully saturated rings. The normalized spacial score (nSPS) is 21.9. The Kier molecular flexibility index (Phi) is 5.28. The molecule has 2 rings (SSSR count). The second-order valence-electron chi connectivity index (χ2n) is 5.84. The first-order valence-corrected chi connectivity index (χ1v) is 8.62. The molecule has 1 aromatic rings. The smallest absolute Gasteiger partial charge is 0.474 e. The molecule has 0 saturated heterocycles. The van der Waals surface area contributed by atoms with Gasteiger partial charge >= 0.3 is 7.82 Å². The monoisotopic (exact) mass is 344 g/mol. The highest BCUT2D eigenvalue weighted by Gasteiger charge is 2.38. The van der Waals surface area contributed by atoms with E-state index in [9.17, 15) is 14.3 Å². The molecule has 2 atom stereocenters. The number of carbonyl (C=O) groups is 1. The Morgan fingerprint density at radius 2 is 2.17 bits per heavy atom. The van der Waals surface area contributed by atoms with Gasteiger partial charge in [0.05, 0.1) is 0 Å². The predicted octanol–water partition coefficient (Wildman–Crippen LogP) is 2.71. The highest BCUT2D eigenvalue weighted by molar-refractivity contribution is 7.47. The minimum absolute atomic E-state index is 0.0280. The number of fused-ring (bicyclic) bond motifs is 1. The topological polar surface area (TPSA) is 91.3 Å². The number of ketones is 1. The van der Waals surface area contributed by atoms with Gasteiger partial charge < -0.3 is 14.4 Å². The number of hydrogen-bond acceptors (Lipinski definition) is 6. The lowest BCUT2D eigenvalue weighted by molar-refractivity contribution is -0.126. The first kappa shape index (κ1) is 18.1. The van der Waals surface area contributed by atoms with Crippen molar-refractivity contribution in [1.29, 1.82) is 0 Å². The van der Waals surface area contributed by atoms with Gasteiger partial charge in [-0.3, -0.25) is 13.8 Å². The Balaban J connectivity index is 2.11. The SMILES string of the molecule is COP(=O)(O)OCO[C@@H]1Cc2cc(C(C)=O)ccc2OC1(C)C. The van der Waals surface area contributed by atoms with Crippen molar-refractivity contribution in [3.63, 3.8) is 0 Å². The van der Waals surface area contributed by atoms with Gasteiger partial charge in [0.1, 0.15) is 17.5 Å². The minimum atomic E-state index is -4.08. The van der Waals surface area contributed by atoms with Crippen LogP contribution >= 0.6 is 7.82 Å². The van der Waals surface area contributed by atoms with E-state index in [2.05, 4.69) is 9.05 Å². The Bertz CT molecular complexity index is 641. The zero-order valence-electron chi connectivity index (χ0n) is 13.6. The van der Waals surface area contributed by atoms with Gasteiger partial charge in [-0.25, -0.2) is 4.57 Å². The van der Waals surface area contributed by atoms with Gasteiger partial charge in [-0.05, 0) is 44.5 Å². The quantitative estimate of drug-likeness (QED) is 0.482. The van der Waals surface area contributed by atoms with Gasteiger partial charge in [0.25, 0.3) is 0 Å². The maximum absolute atomic E-state index is 11.5. The number of ether oxygens (including phenoxy) is 2. The van der Waals surface area contributed by atoms with E-state index < -0.39 is 26.3 Å². The Morgan fingerprint density at radius 3 is 2.78 bits per heavy atom. The van der Waals surface area contributed by atoms with Crippen LogP contribution < -0.4 is 4.74 Å². The fourth-order valence-electron chi connectivity index (χ4n) is 2.34. The number of carbonyl (C=O) groups excluding carboxylic acids is 1. The molecule has 8 heteroatoms. The fraction of sp³-hybridized carbons (Fsp3) is 0.533. The van der Waals surface area contributed by atoms with Crippen LogP contribution in [0.5, 0.6) is 5.75 Å². The lowest BCUT2D eigenvalue weighted by atomic mass is 9.90. The van der Waals surface area contributed by atoms with Crippen LogP contribution in [0.1, 0.15) is 36.7 Å². The van der Waals surface area contributed by atoms with Crippen LogP contribution in [-0.2, 0) is 24.8 Å². The number of rotatable bonds is 6. The summed E-state index contributed by atoms with van der Waals surface area (Å²) in [6, 6.07) is 5.27. The summed E-state index contributed by atoms with van der Waals surface area (Å²) in [6.07, 6.45) is 0.0873. The molecule has 1 heterocycles. The van der Waals surface area contributed by atoms with E-state index in [0.717, 1.165) is 12.7 Å². The van der Waals surface area contributed by atoms with Crippen molar-refractivity contribution in [1.82, 2.24) is 0 Å². The summed E-state index contributed by atoms with van der Waals surface area (Å²) in [5, 5.41) is 0. The molecular weight excluding hydrogens is 323 g/mol. The van der Waals surface area contributed by atoms with Crippen LogP contribution in [0.25, 0.3) is 0 Å². The molecule has 0 aromatic heterocycles. The van der Waals surface area contributed by atoms with Crippen molar-refractivity contribution < 1.29 is 32.8 Å². The molecule has 1 unspecified atom stereocenters. The summed E-state index contributed by atoms with van der Waals surface area (Å²) >= 11 is 0. The Hall–Kier alpha value is -1.24. The number of Topliss-reactive ketones (excluding diaryl/α,β-unsaturated/α-hetero) is 1. The highest BCUT2D eigenvalue weighted by atomic mass is 31.2. The molecule has 0 saturated carbocycles. The molecule has 1 aliphatic heterocycles.